The van der Waals surface area contributed by atoms with Gasteiger partial charge in [0, 0.05) is 31.0 Å². The predicted octanol–water partition coefficient (Wildman–Crippen LogP) is 5.31. The molecule has 3 aromatic carbocycles. The Morgan fingerprint density at radius 2 is 1.54 bits per heavy atom. The number of benzene rings is 3. The first-order valence-corrected chi connectivity index (χ1v) is 11.3. The Morgan fingerprint density at radius 3 is 2.09 bits per heavy atom. The quantitative estimate of drug-likeness (QED) is 0.298. The van der Waals surface area contributed by atoms with Gasteiger partial charge in [-0.2, -0.15) is 0 Å². The third-order valence-corrected chi connectivity index (χ3v) is 5.77. The Labute approximate surface area is 203 Å². The molecule has 0 radical (unpaired) electrons. The maximum absolute atomic E-state index is 13.5. The highest BCUT2D eigenvalue weighted by Crippen LogP contribution is 2.42. The molecule has 1 aliphatic heterocycles. The summed E-state index contributed by atoms with van der Waals surface area (Å²) in [5.41, 5.74) is 2.28. The SMILES string of the molecule is CC(C)Oc1ccc(N2C(=O)C(=O)/C(=C(\O)c3ccc(F)cc3)C2c2ccc(N(C)C)cc2)cc1. The van der Waals surface area contributed by atoms with Crippen LogP contribution in [0.3, 0.4) is 0 Å². The zero-order valence-electron chi connectivity index (χ0n) is 20.0. The van der Waals surface area contributed by atoms with Gasteiger partial charge >= 0.3 is 0 Å². The zero-order chi connectivity index (χ0) is 25.3. The molecule has 1 amide bonds. The van der Waals surface area contributed by atoms with Crippen LogP contribution in [0, 0.1) is 5.82 Å². The van der Waals surface area contributed by atoms with Crippen molar-refractivity contribution < 1.29 is 23.8 Å². The monoisotopic (exact) mass is 474 g/mol. The second-order valence-electron chi connectivity index (χ2n) is 8.82. The van der Waals surface area contributed by atoms with Crippen LogP contribution in [0.4, 0.5) is 15.8 Å². The fourth-order valence-electron chi connectivity index (χ4n) is 4.09. The molecule has 1 heterocycles. The summed E-state index contributed by atoms with van der Waals surface area (Å²) in [7, 11) is 3.83. The first-order valence-electron chi connectivity index (χ1n) is 11.3. The minimum absolute atomic E-state index is 0.0130. The predicted molar refractivity (Wildman–Crippen MR) is 134 cm³/mol. The third kappa shape index (κ3) is 4.75. The van der Waals surface area contributed by atoms with E-state index < -0.39 is 23.5 Å². The summed E-state index contributed by atoms with van der Waals surface area (Å²) in [6.07, 6.45) is -0.0130. The highest BCUT2D eigenvalue weighted by atomic mass is 19.1. The fourth-order valence-corrected chi connectivity index (χ4v) is 4.09. The molecule has 180 valence electrons. The molecular weight excluding hydrogens is 447 g/mol. The van der Waals surface area contributed by atoms with E-state index in [1.54, 1.807) is 24.3 Å². The number of ketones is 1. The van der Waals surface area contributed by atoms with Crippen LogP contribution >= 0.6 is 0 Å². The number of halogens is 1. The number of carbonyl (C=O) groups excluding carboxylic acids is 2. The van der Waals surface area contributed by atoms with Crippen LogP contribution in [-0.2, 0) is 9.59 Å². The lowest BCUT2D eigenvalue weighted by Gasteiger charge is -2.26. The van der Waals surface area contributed by atoms with E-state index in [9.17, 15) is 19.1 Å². The second kappa shape index (κ2) is 9.62. The normalized spacial score (nSPS) is 17.2. The van der Waals surface area contributed by atoms with Gasteiger partial charge in [0.1, 0.15) is 17.3 Å². The van der Waals surface area contributed by atoms with E-state index in [1.165, 1.54) is 29.2 Å². The van der Waals surface area contributed by atoms with Crippen molar-refractivity contribution in [2.75, 3.05) is 23.9 Å². The van der Waals surface area contributed by atoms with E-state index in [0.717, 1.165) is 5.69 Å². The molecule has 6 nitrogen and oxygen atoms in total. The van der Waals surface area contributed by atoms with Gasteiger partial charge in [0.15, 0.2) is 0 Å². The zero-order valence-corrected chi connectivity index (χ0v) is 20.0. The molecule has 1 saturated heterocycles. The van der Waals surface area contributed by atoms with Crippen molar-refractivity contribution in [2.24, 2.45) is 0 Å². The summed E-state index contributed by atoms with van der Waals surface area (Å²) in [4.78, 5) is 29.8. The summed E-state index contributed by atoms with van der Waals surface area (Å²) >= 11 is 0. The molecule has 0 aliphatic carbocycles. The minimum atomic E-state index is -0.867. The summed E-state index contributed by atoms with van der Waals surface area (Å²) in [5, 5.41) is 11.1. The smallest absolute Gasteiger partial charge is 0.300 e. The van der Waals surface area contributed by atoms with Gasteiger partial charge in [0.2, 0.25) is 0 Å². The van der Waals surface area contributed by atoms with E-state index in [-0.39, 0.29) is 23.0 Å². The molecule has 1 N–H and O–H groups in total. The highest BCUT2D eigenvalue weighted by Gasteiger charge is 2.47. The van der Waals surface area contributed by atoms with Crippen LogP contribution in [0.15, 0.2) is 78.4 Å². The topological polar surface area (TPSA) is 70.1 Å². The molecule has 4 rings (SSSR count). The van der Waals surface area contributed by atoms with E-state index in [1.807, 2.05) is 57.1 Å². The molecule has 1 atom stereocenters. The van der Waals surface area contributed by atoms with Gasteiger partial charge in [-0.05, 0) is 80.1 Å². The molecule has 1 fully saturated rings. The molecular formula is C28H27FN2O4. The third-order valence-electron chi connectivity index (χ3n) is 5.77. The van der Waals surface area contributed by atoms with Gasteiger partial charge in [-0.15, -0.1) is 0 Å². The van der Waals surface area contributed by atoms with Gasteiger partial charge in [-0.1, -0.05) is 12.1 Å². The van der Waals surface area contributed by atoms with Crippen molar-refractivity contribution in [1.82, 2.24) is 0 Å². The summed E-state index contributed by atoms with van der Waals surface area (Å²) in [6, 6.07) is 18.6. The molecule has 0 saturated carbocycles. The Bertz CT molecular complexity index is 1260. The highest BCUT2D eigenvalue weighted by molar-refractivity contribution is 6.51. The molecule has 3 aromatic rings. The van der Waals surface area contributed by atoms with Crippen LogP contribution < -0.4 is 14.5 Å². The van der Waals surface area contributed by atoms with Crippen LogP contribution in [0.1, 0.15) is 31.0 Å². The maximum Gasteiger partial charge on any atom is 0.300 e. The number of aliphatic hydroxyl groups is 1. The molecule has 0 aromatic heterocycles. The molecule has 7 heteroatoms. The summed E-state index contributed by atoms with van der Waals surface area (Å²) < 4.78 is 19.2. The van der Waals surface area contributed by atoms with Crippen molar-refractivity contribution in [2.45, 2.75) is 26.0 Å². The Kier molecular flexibility index (Phi) is 6.60. The lowest BCUT2D eigenvalue weighted by Crippen LogP contribution is -2.29. The fraction of sp³-hybridized carbons (Fsp3) is 0.214. The summed E-state index contributed by atoms with van der Waals surface area (Å²) in [6.45, 7) is 3.83. The van der Waals surface area contributed by atoms with E-state index in [4.69, 9.17) is 4.74 Å². The molecule has 1 aliphatic rings. The van der Waals surface area contributed by atoms with Crippen molar-refractivity contribution in [3.8, 4) is 5.75 Å². The number of hydrogen-bond donors (Lipinski definition) is 1. The van der Waals surface area contributed by atoms with Crippen molar-refractivity contribution in [3.05, 3.63) is 95.3 Å². The van der Waals surface area contributed by atoms with Crippen molar-refractivity contribution in [3.63, 3.8) is 0 Å². The van der Waals surface area contributed by atoms with Crippen LogP contribution in [0.5, 0.6) is 5.75 Å². The molecule has 1 unspecified atom stereocenters. The number of ether oxygens (including phenoxy) is 1. The Balaban J connectivity index is 1.86. The Morgan fingerprint density at radius 1 is 0.943 bits per heavy atom. The molecule has 0 spiro atoms. The van der Waals surface area contributed by atoms with Crippen molar-refractivity contribution >= 4 is 28.8 Å². The van der Waals surface area contributed by atoms with Gasteiger partial charge in [-0.25, -0.2) is 4.39 Å². The van der Waals surface area contributed by atoms with E-state index in [2.05, 4.69) is 0 Å². The van der Waals surface area contributed by atoms with Gasteiger partial charge < -0.3 is 14.7 Å². The van der Waals surface area contributed by atoms with E-state index >= 15 is 0 Å². The number of amides is 1. The van der Waals surface area contributed by atoms with Crippen molar-refractivity contribution in [1.29, 1.82) is 0 Å². The number of rotatable bonds is 6. The van der Waals surface area contributed by atoms with Gasteiger partial charge in [0.05, 0.1) is 17.7 Å². The average molecular weight is 475 g/mol. The number of nitrogens with zero attached hydrogens (tertiary/aromatic N) is 2. The number of carbonyl (C=O) groups is 2. The second-order valence-corrected chi connectivity index (χ2v) is 8.82. The number of anilines is 2. The lowest BCUT2D eigenvalue weighted by molar-refractivity contribution is -0.132. The number of hydrogen-bond acceptors (Lipinski definition) is 5. The first kappa shape index (κ1) is 24.0. The first-order chi connectivity index (χ1) is 16.7. The van der Waals surface area contributed by atoms with Gasteiger partial charge in [0.25, 0.3) is 11.7 Å². The van der Waals surface area contributed by atoms with Crippen LogP contribution in [0.25, 0.3) is 5.76 Å². The Hall–Kier alpha value is -4.13. The lowest BCUT2D eigenvalue weighted by atomic mass is 9.95. The maximum atomic E-state index is 13.5. The number of aliphatic hydroxyl groups excluding tert-OH is 1. The standard InChI is InChI=1S/C28H27FN2O4/c1-17(2)35-23-15-13-22(14-16-23)31-25(18-7-11-21(12-8-18)30(3)4)24(27(33)28(31)34)26(32)19-5-9-20(29)10-6-19/h5-17,25,32H,1-4H3/b26-24-. The minimum Gasteiger partial charge on any atom is -0.507 e. The van der Waals surface area contributed by atoms with Crippen LogP contribution in [0.2, 0.25) is 0 Å². The molecule has 35 heavy (non-hydrogen) atoms. The average Bonchev–Trinajstić information content (AvgIpc) is 3.10. The summed E-state index contributed by atoms with van der Waals surface area (Å²) in [5.74, 6) is -1.75. The van der Waals surface area contributed by atoms with Gasteiger partial charge in [-0.3, -0.25) is 14.5 Å². The number of Topliss-reactive ketones (excluding diaryl/α,β-unsaturated/α-hetero) is 1. The molecule has 0 bridgehead atoms. The van der Waals surface area contributed by atoms with Crippen LogP contribution in [-0.4, -0.2) is 37.0 Å². The largest absolute Gasteiger partial charge is 0.507 e. The van der Waals surface area contributed by atoms with E-state index in [0.29, 0.717) is 17.0 Å².